The van der Waals surface area contributed by atoms with Gasteiger partial charge >= 0.3 is 12.1 Å². The second kappa shape index (κ2) is 19.7. The molecule has 5 aromatic heterocycles. The Morgan fingerprint density at radius 3 is 1.94 bits per heavy atom. The SMILES string of the molecule is Cc1ccc(S(=O)(=O)n2ccc3c2ncc2nnc([C@@H]4CC[C@H](CC(=O)OC(C)(C)C)C4)n23)cc1.Cc1ccc(S(=O)(=O)n2ccc3nc(NNC(=O)[C@@H]4CC[C@H](NC(=O)OC(C)(C)C)C4)cnc32)cc1. The molecule has 0 unspecified atom stereocenters. The van der Waals surface area contributed by atoms with Gasteiger partial charge < -0.3 is 14.8 Å². The Labute approximate surface area is 412 Å². The van der Waals surface area contributed by atoms with Gasteiger partial charge in [0.05, 0.1) is 27.7 Å². The van der Waals surface area contributed by atoms with Gasteiger partial charge in [0.1, 0.15) is 22.5 Å². The van der Waals surface area contributed by atoms with Crippen LogP contribution in [0.15, 0.2) is 95.2 Å². The van der Waals surface area contributed by atoms with Crippen molar-refractivity contribution in [2.45, 2.75) is 133 Å². The van der Waals surface area contributed by atoms with Gasteiger partial charge in [-0.2, -0.15) is 0 Å². The molecular weight excluding hydrogens is 951 g/mol. The van der Waals surface area contributed by atoms with Gasteiger partial charge in [-0.05, 0) is 136 Å². The number of rotatable bonds is 11. The average molecular weight is 1010 g/mol. The predicted molar refractivity (Wildman–Crippen MR) is 264 cm³/mol. The van der Waals surface area contributed by atoms with E-state index >= 15 is 0 Å². The van der Waals surface area contributed by atoms with Gasteiger partial charge in [-0.1, -0.05) is 35.4 Å². The Morgan fingerprint density at radius 2 is 1.31 bits per heavy atom. The van der Waals surface area contributed by atoms with E-state index in [1.54, 1.807) is 87.6 Å². The van der Waals surface area contributed by atoms with Crippen LogP contribution in [0.5, 0.6) is 0 Å². The summed E-state index contributed by atoms with van der Waals surface area (Å²) < 4.78 is 67.6. The normalized spacial score (nSPS) is 18.5. The molecule has 2 saturated carbocycles. The van der Waals surface area contributed by atoms with E-state index in [0.29, 0.717) is 48.0 Å². The van der Waals surface area contributed by atoms with Crippen molar-refractivity contribution < 1.29 is 40.7 Å². The van der Waals surface area contributed by atoms with Crippen molar-refractivity contribution in [2.75, 3.05) is 5.43 Å². The van der Waals surface area contributed by atoms with Crippen LogP contribution in [0, 0.1) is 25.7 Å². The van der Waals surface area contributed by atoms with Gasteiger partial charge in [-0.25, -0.2) is 44.5 Å². The first-order valence-electron chi connectivity index (χ1n) is 23.4. The number of amides is 2. The Balaban J connectivity index is 0.000000190. The largest absolute Gasteiger partial charge is 0.460 e. The zero-order valence-corrected chi connectivity index (χ0v) is 42.5. The van der Waals surface area contributed by atoms with Gasteiger partial charge in [0.25, 0.3) is 20.0 Å². The van der Waals surface area contributed by atoms with Crippen molar-refractivity contribution in [3.63, 3.8) is 0 Å². The number of hydrogen-bond donors (Lipinski definition) is 3. The van der Waals surface area contributed by atoms with Crippen LogP contribution in [0.3, 0.4) is 0 Å². The number of aromatic nitrogens is 8. The predicted octanol–water partition coefficient (Wildman–Crippen LogP) is 7.35. The van der Waals surface area contributed by atoms with Crippen molar-refractivity contribution in [1.82, 2.24) is 48.2 Å². The molecule has 4 atom stereocenters. The summed E-state index contributed by atoms with van der Waals surface area (Å²) in [7, 11) is -7.64. The molecule has 22 heteroatoms. The molecule has 2 aliphatic rings. The van der Waals surface area contributed by atoms with Crippen molar-refractivity contribution in [2.24, 2.45) is 11.8 Å². The number of carbonyl (C=O) groups is 3. The maximum Gasteiger partial charge on any atom is 0.407 e. The van der Waals surface area contributed by atoms with E-state index in [-0.39, 0.29) is 56.9 Å². The first-order chi connectivity index (χ1) is 33.4. The molecule has 7 aromatic rings. The van der Waals surface area contributed by atoms with E-state index in [2.05, 4.69) is 41.3 Å². The number of aryl methyl sites for hydroxylation is 2. The van der Waals surface area contributed by atoms with E-state index in [9.17, 15) is 31.2 Å². The average Bonchev–Trinajstić information content (AvgIpc) is 4.15. The summed E-state index contributed by atoms with van der Waals surface area (Å²) in [5.41, 5.74) is 8.27. The second-order valence-electron chi connectivity index (χ2n) is 20.2. The summed E-state index contributed by atoms with van der Waals surface area (Å²) in [6, 6.07) is 16.5. The van der Waals surface area contributed by atoms with Crippen LogP contribution < -0.4 is 16.2 Å². The molecule has 20 nitrogen and oxygen atoms in total. The number of nitrogens with one attached hydrogen (secondary N) is 3. The molecule has 2 aromatic carbocycles. The smallest absolute Gasteiger partial charge is 0.407 e. The van der Waals surface area contributed by atoms with E-state index in [1.807, 2.05) is 39.0 Å². The summed E-state index contributed by atoms with van der Waals surface area (Å²) in [4.78, 5) is 50.2. The van der Waals surface area contributed by atoms with E-state index in [4.69, 9.17) is 9.47 Å². The fourth-order valence-electron chi connectivity index (χ4n) is 8.87. The lowest BCUT2D eigenvalue weighted by atomic mass is 10.0. The standard InChI is InChI=1S/C25H29N5O4S.C24H30N6O5S/c1-16-5-9-19(10-6-16)35(32,33)29-12-11-20-24(29)26-15-21-27-28-23(30(20)21)18-8-7-17(13-18)14-22(31)34-25(2,3)4;1-15-5-9-18(10-6-15)36(33,34)30-12-11-19-21(30)25-14-20(27-19)28-29-22(31)16-7-8-17(13-16)26-23(32)35-24(2,3)4/h5-6,9-12,15,17-18H,7-8,13-14H2,1-4H3;5-6,9-12,14,16-17H,7-8,13H2,1-4H3,(H,26,32)(H,27,28)(H,29,31)/t17-,18+;16-,17+/m01/s1. The van der Waals surface area contributed by atoms with Crippen LogP contribution in [0.4, 0.5) is 10.6 Å². The topological polar surface area (TPSA) is 253 Å². The summed E-state index contributed by atoms with van der Waals surface area (Å²) in [6.07, 6.45) is 10.1. The fraction of sp³-hybridized carbons (Fsp3) is 0.429. The molecule has 0 aliphatic heterocycles. The van der Waals surface area contributed by atoms with Crippen LogP contribution in [0.25, 0.3) is 28.0 Å². The lowest BCUT2D eigenvalue weighted by Crippen LogP contribution is -2.39. The first-order valence-corrected chi connectivity index (χ1v) is 26.3. The second-order valence-corrected chi connectivity index (χ2v) is 23.8. The maximum absolute atomic E-state index is 13.3. The number of fused-ring (bicyclic) bond motifs is 4. The van der Waals surface area contributed by atoms with Gasteiger partial charge in [-0.15, -0.1) is 10.2 Å². The molecule has 2 amide bonds. The van der Waals surface area contributed by atoms with Gasteiger partial charge in [-0.3, -0.25) is 24.8 Å². The molecular formula is C49H59N11O9S2. The molecule has 0 radical (unpaired) electrons. The summed E-state index contributed by atoms with van der Waals surface area (Å²) in [6.45, 7) is 14.8. The Kier molecular flexibility index (Phi) is 14.0. The van der Waals surface area contributed by atoms with E-state index in [1.165, 1.54) is 22.6 Å². The maximum atomic E-state index is 13.3. The molecule has 3 N–H and O–H groups in total. The van der Waals surface area contributed by atoms with Crippen LogP contribution in [0.1, 0.15) is 109 Å². The molecule has 71 heavy (non-hydrogen) atoms. The van der Waals surface area contributed by atoms with E-state index in [0.717, 1.165) is 40.2 Å². The highest BCUT2D eigenvalue weighted by Crippen LogP contribution is 2.40. The molecule has 9 rings (SSSR count). The lowest BCUT2D eigenvalue weighted by Gasteiger charge is -2.21. The fourth-order valence-corrected chi connectivity index (χ4v) is 11.5. The van der Waals surface area contributed by atoms with Gasteiger partial charge in [0.2, 0.25) is 5.91 Å². The van der Waals surface area contributed by atoms with E-state index < -0.39 is 37.3 Å². The Hall–Kier alpha value is -6.94. The van der Waals surface area contributed by atoms with Crippen LogP contribution >= 0.6 is 0 Å². The Morgan fingerprint density at radius 1 is 0.704 bits per heavy atom. The number of nitrogens with zero attached hydrogens (tertiary/aromatic N) is 8. The summed E-state index contributed by atoms with van der Waals surface area (Å²) in [5.74, 6) is 0.664. The molecule has 2 fully saturated rings. The van der Waals surface area contributed by atoms with Crippen LogP contribution in [-0.4, -0.2) is 89.5 Å². The molecule has 2 aliphatic carbocycles. The highest BCUT2D eigenvalue weighted by atomic mass is 32.2. The molecule has 5 heterocycles. The van der Waals surface area contributed by atoms with Crippen molar-refractivity contribution >= 4 is 71.8 Å². The van der Waals surface area contributed by atoms with Crippen LogP contribution in [-0.2, 0) is 39.1 Å². The highest BCUT2D eigenvalue weighted by molar-refractivity contribution is 7.90. The molecule has 376 valence electrons. The number of alkyl carbamates (subject to hydrolysis) is 1. The lowest BCUT2D eigenvalue weighted by molar-refractivity contribution is -0.155. The zero-order valence-electron chi connectivity index (χ0n) is 40.9. The zero-order chi connectivity index (χ0) is 51.0. The third kappa shape index (κ3) is 11.5. The number of ether oxygens (including phenoxy) is 2. The minimum absolute atomic E-state index is 0.111. The quantitative estimate of drug-likeness (QED) is 0.0846. The van der Waals surface area contributed by atoms with Crippen molar-refractivity contribution in [3.05, 3.63) is 102 Å². The summed E-state index contributed by atoms with van der Waals surface area (Å²) >= 11 is 0. The highest BCUT2D eigenvalue weighted by Gasteiger charge is 2.34. The number of hydrogen-bond acceptors (Lipinski definition) is 15. The third-order valence-corrected chi connectivity index (χ3v) is 15.6. The number of hydrazine groups is 1. The minimum Gasteiger partial charge on any atom is -0.460 e. The molecule has 0 spiro atoms. The first kappa shape index (κ1) is 50.4. The minimum atomic E-state index is -3.83. The van der Waals surface area contributed by atoms with Crippen molar-refractivity contribution in [3.8, 4) is 0 Å². The molecule has 0 saturated heterocycles. The molecule has 0 bridgehead atoms. The Bertz CT molecular complexity index is 3340. The number of esters is 1. The third-order valence-electron chi connectivity index (χ3n) is 12.2. The monoisotopic (exact) mass is 1010 g/mol. The van der Waals surface area contributed by atoms with Crippen LogP contribution in [0.2, 0.25) is 0 Å². The number of anilines is 1. The van der Waals surface area contributed by atoms with Gasteiger partial charge in [0, 0.05) is 36.7 Å². The van der Waals surface area contributed by atoms with Gasteiger partial charge in [0.15, 0.2) is 22.8 Å². The number of carbonyl (C=O) groups excluding carboxylic acids is 3. The number of benzene rings is 2. The van der Waals surface area contributed by atoms with Crippen molar-refractivity contribution in [1.29, 1.82) is 0 Å². The summed E-state index contributed by atoms with van der Waals surface area (Å²) in [5, 5.41) is 11.5.